The molecule has 2 spiro atoms. The van der Waals surface area contributed by atoms with Gasteiger partial charge in [-0.3, -0.25) is 0 Å². The standard InChI is InChI=1S/C21H48Cl4N10O4P6/c1-17(2,3)26-43(27-18(4,5)6)30-40(22,23)31-45(35-43)38-15-21(16-39-45)13-36-41(24)32-42(25,37-14-21)34-44(33-41,28-19(7,8)9)29-20(10,11)12/h26-29H,13-16H2,1-12H3. The summed E-state index contributed by atoms with van der Waals surface area (Å²) < 4.78 is 54.6. The number of halogens is 4. The van der Waals surface area contributed by atoms with Gasteiger partial charge in [-0.1, -0.05) is 0 Å². The fourth-order valence-corrected chi connectivity index (χ4v) is 30.7. The Labute approximate surface area is 288 Å². The fourth-order valence-electron chi connectivity index (χ4n) is 4.50. The van der Waals surface area contributed by atoms with Crippen LogP contribution in [0.25, 0.3) is 0 Å². The highest BCUT2D eigenvalue weighted by Crippen LogP contribution is 2.84. The van der Waals surface area contributed by atoms with Crippen molar-refractivity contribution in [1.82, 2.24) is 20.3 Å². The van der Waals surface area contributed by atoms with Crippen LogP contribution in [0.3, 0.4) is 0 Å². The van der Waals surface area contributed by atoms with Gasteiger partial charge in [0.1, 0.15) is 0 Å². The first-order valence-electron chi connectivity index (χ1n) is 14.3. The topological polar surface area (TPSA) is 159 Å². The molecule has 4 heterocycles. The minimum Gasteiger partial charge on any atom is -0.315 e. The summed E-state index contributed by atoms with van der Waals surface area (Å²) >= 11 is 27.7. The molecular weight excluding hydrogens is 784 g/mol. The summed E-state index contributed by atoms with van der Waals surface area (Å²) in [5.74, 6) is -3.24. The first kappa shape index (κ1) is 40.0. The van der Waals surface area contributed by atoms with Gasteiger partial charge in [0.25, 0.3) is 5.91 Å². The van der Waals surface area contributed by atoms with Crippen molar-refractivity contribution in [3.05, 3.63) is 0 Å². The summed E-state index contributed by atoms with van der Waals surface area (Å²) in [6, 6.07) is 0. The molecule has 0 aromatic rings. The van der Waals surface area contributed by atoms with Crippen LogP contribution in [-0.2, 0) is 18.1 Å². The van der Waals surface area contributed by atoms with Gasteiger partial charge in [0, 0.05) is 22.2 Å². The van der Waals surface area contributed by atoms with E-state index in [9.17, 15) is 0 Å². The summed E-state index contributed by atoms with van der Waals surface area (Å²) in [6.45, 7) is 17.9. The Morgan fingerprint density at radius 3 is 1.22 bits per heavy atom. The monoisotopic (exact) mass is 830 g/mol. The maximum Gasteiger partial charge on any atom is 0.345 e. The quantitative estimate of drug-likeness (QED) is 0.204. The lowest BCUT2D eigenvalue weighted by atomic mass is 9.93. The molecule has 0 amide bonds. The third kappa shape index (κ3) is 11.1. The molecule has 24 heteroatoms. The van der Waals surface area contributed by atoms with Crippen LogP contribution in [0.15, 0.2) is 27.1 Å². The van der Waals surface area contributed by atoms with Crippen molar-refractivity contribution in [1.29, 1.82) is 0 Å². The highest BCUT2D eigenvalue weighted by molar-refractivity contribution is 8.13. The van der Waals surface area contributed by atoms with Crippen LogP contribution in [0.1, 0.15) is 83.1 Å². The van der Waals surface area contributed by atoms with Gasteiger partial charge in [-0.2, -0.15) is 27.1 Å². The van der Waals surface area contributed by atoms with E-state index < -0.39 is 47.6 Å². The van der Waals surface area contributed by atoms with Gasteiger partial charge in [0.05, 0.1) is 31.8 Å². The molecule has 2 atom stereocenters. The number of hydrogen-bond acceptors (Lipinski definition) is 14. The van der Waals surface area contributed by atoms with Crippen molar-refractivity contribution in [3.63, 3.8) is 0 Å². The van der Waals surface area contributed by atoms with Crippen LogP contribution in [0.2, 0.25) is 0 Å². The number of fused-ring (bicyclic) bond motifs is 1. The Balaban J connectivity index is 1.70. The van der Waals surface area contributed by atoms with Gasteiger partial charge in [-0.15, -0.1) is 0 Å². The summed E-state index contributed by atoms with van der Waals surface area (Å²) in [7, 11) is -9.19. The molecule has 4 rings (SSSR count). The second-order valence-corrected chi connectivity index (χ2v) is 34.1. The van der Waals surface area contributed by atoms with Crippen molar-refractivity contribution in [2.45, 2.75) is 105 Å². The lowest BCUT2D eigenvalue weighted by Gasteiger charge is -2.45. The molecule has 14 nitrogen and oxygen atoms in total. The molecule has 0 saturated carbocycles. The predicted octanol–water partition coefficient (Wildman–Crippen LogP) is 12.3. The van der Waals surface area contributed by atoms with Gasteiger partial charge in [0.15, 0.2) is 0 Å². The van der Waals surface area contributed by atoms with E-state index >= 15 is 0 Å². The largest absolute Gasteiger partial charge is 0.345 e. The molecule has 264 valence electrons. The predicted molar refractivity (Wildman–Crippen MR) is 197 cm³/mol. The summed E-state index contributed by atoms with van der Waals surface area (Å²) in [5.41, 5.74) is -2.36. The second kappa shape index (κ2) is 12.7. The smallest absolute Gasteiger partial charge is 0.315 e. The minimum absolute atomic E-state index is 0.0758. The maximum atomic E-state index is 7.10. The normalized spacial score (nSPS) is 32.0. The van der Waals surface area contributed by atoms with E-state index in [1.807, 2.05) is 83.1 Å². The molecule has 0 radical (unpaired) electrons. The molecule has 4 aliphatic heterocycles. The molecule has 4 N–H and O–H groups in total. The summed E-state index contributed by atoms with van der Waals surface area (Å²) in [6.07, 6.45) is 0. The Morgan fingerprint density at radius 1 is 0.467 bits per heavy atom. The van der Waals surface area contributed by atoms with Crippen LogP contribution >= 0.6 is 87.1 Å². The minimum atomic E-state index is -3.34. The van der Waals surface area contributed by atoms with Crippen molar-refractivity contribution < 1.29 is 18.1 Å². The van der Waals surface area contributed by atoms with Crippen LogP contribution in [0, 0.1) is 5.41 Å². The van der Waals surface area contributed by atoms with Crippen LogP contribution in [0.5, 0.6) is 0 Å². The fraction of sp³-hybridized carbons (Fsp3) is 1.00. The first-order chi connectivity index (χ1) is 19.9. The Bertz CT molecular complexity index is 1490. The van der Waals surface area contributed by atoms with Crippen molar-refractivity contribution in [3.8, 4) is 0 Å². The lowest BCUT2D eigenvalue weighted by molar-refractivity contribution is -0.0296. The van der Waals surface area contributed by atoms with Crippen LogP contribution < -0.4 is 20.3 Å². The molecular formula is C21H48Cl4N10O4P6. The highest BCUT2D eigenvalue weighted by atomic mass is 35.9. The van der Waals surface area contributed by atoms with E-state index in [0.717, 1.165) is 0 Å². The van der Waals surface area contributed by atoms with Gasteiger partial charge in [-0.25, -0.2) is 20.3 Å². The van der Waals surface area contributed by atoms with E-state index in [2.05, 4.69) is 29.4 Å². The van der Waals surface area contributed by atoms with Crippen molar-refractivity contribution >= 4 is 87.1 Å². The number of rotatable bonds is 4. The Hall–Kier alpha value is 2.22. The van der Waals surface area contributed by atoms with Gasteiger partial charge >= 0.3 is 21.2 Å². The molecule has 2 unspecified atom stereocenters. The average molecular weight is 832 g/mol. The molecule has 0 aliphatic carbocycles. The SMILES string of the molecule is CC(C)(C)NP1(NC(C)(C)C)=NP(Cl)(Cl)=NP2(=N1)OCC1(COP3(Cl)=NP(NC(C)(C)C)(NC(C)(C)C)=NP(Cl)(=N3)OC1)CO2. The Kier molecular flexibility index (Phi) is 11.3. The molecule has 2 bridgehead atoms. The van der Waals surface area contributed by atoms with Gasteiger partial charge < -0.3 is 18.1 Å². The van der Waals surface area contributed by atoms with E-state index in [1.165, 1.54) is 0 Å². The number of nitrogens with one attached hydrogen (secondary N) is 4. The molecule has 0 aromatic carbocycles. The maximum absolute atomic E-state index is 7.10. The van der Waals surface area contributed by atoms with E-state index in [4.69, 9.17) is 81.1 Å². The van der Waals surface area contributed by atoms with Gasteiger partial charge in [-0.05, 0) is 128 Å². The zero-order valence-corrected chi connectivity index (χ0v) is 36.2. The third-order valence-electron chi connectivity index (χ3n) is 5.51. The summed E-state index contributed by atoms with van der Waals surface area (Å²) in [4.78, 5) is 0. The molecule has 1 saturated heterocycles. The Morgan fingerprint density at radius 2 is 0.822 bits per heavy atom. The highest BCUT2D eigenvalue weighted by Gasteiger charge is 2.51. The summed E-state index contributed by atoms with van der Waals surface area (Å²) in [5, 5.41) is 14.1. The van der Waals surface area contributed by atoms with Crippen LogP contribution in [0.4, 0.5) is 0 Å². The van der Waals surface area contributed by atoms with Crippen molar-refractivity contribution in [2.75, 3.05) is 26.4 Å². The van der Waals surface area contributed by atoms with Crippen molar-refractivity contribution in [2.24, 2.45) is 32.5 Å². The lowest BCUT2D eigenvalue weighted by Crippen LogP contribution is -2.45. The molecule has 45 heavy (non-hydrogen) atoms. The van der Waals surface area contributed by atoms with E-state index in [1.54, 1.807) is 0 Å². The van der Waals surface area contributed by atoms with Crippen LogP contribution in [-0.4, -0.2) is 48.6 Å². The van der Waals surface area contributed by atoms with E-state index in [0.29, 0.717) is 0 Å². The average Bonchev–Trinajstić information content (AvgIpc) is 2.70. The first-order valence-corrected chi connectivity index (χ1v) is 27.7. The number of nitrogens with zero attached hydrogens (tertiary/aromatic N) is 6. The molecule has 1 fully saturated rings. The molecule has 0 aromatic heterocycles. The molecule has 4 aliphatic rings. The van der Waals surface area contributed by atoms with Gasteiger partial charge in [0.2, 0.25) is 15.0 Å². The van der Waals surface area contributed by atoms with E-state index in [-0.39, 0.29) is 48.6 Å². The zero-order chi connectivity index (χ0) is 34.2. The second-order valence-electron chi connectivity index (χ2n) is 15.7. The number of hydrogen-bond donors (Lipinski definition) is 4. The zero-order valence-electron chi connectivity index (χ0n) is 27.8. The third-order valence-corrected chi connectivity index (χ3v) is 27.9.